The fourth-order valence-electron chi connectivity index (χ4n) is 2.73. The molecule has 2 fully saturated rings. The maximum Gasteiger partial charge on any atom is 0.0806 e. The predicted octanol–water partition coefficient (Wildman–Crippen LogP) is 0.0452. The second-order valence-electron chi connectivity index (χ2n) is 4.51. The van der Waals surface area contributed by atoms with Gasteiger partial charge < -0.3 is 4.84 Å². The zero-order valence-corrected chi connectivity index (χ0v) is 8.98. The predicted molar refractivity (Wildman–Crippen MR) is 55.8 cm³/mol. The Labute approximate surface area is 85.9 Å². The van der Waals surface area contributed by atoms with Gasteiger partial charge in [-0.05, 0) is 26.3 Å². The molecule has 0 spiro atoms. The first-order valence-electron chi connectivity index (χ1n) is 5.61. The van der Waals surface area contributed by atoms with E-state index < -0.39 is 0 Å². The summed E-state index contributed by atoms with van der Waals surface area (Å²) < 4.78 is 0. The van der Waals surface area contributed by atoms with E-state index in [0.717, 1.165) is 12.6 Å². The van der Waals surface area contributed by atoms with Crippen LogP contribution in [-0.4, -0.2) is 54.7 Å². The van der Waals surface area contributed by atoms with Crippen molar-refractivity contribution in [1.82, 2.24) is 9.80 Å². The Balaban J connectivity index is 1.86. The van der Waals surface area contributed by atoms with Crippen molar-refractivity contribution >= 4 is 0 Å². The Morgan fingerprint density at radius 1 is 1.43 bits per heavy atom. The maximum absolute atomic E-state index is 5.06. The van der Waals surface area contributed by atoms with Gasteiger partial charge in [-0.25, -0.2) is 5.90 Å². The summed E-state index contributed by atoms with van der Waals surface area (Å²) in [6, 6.07) is 1.45. The monoisotopic (exact) mass is 199 g/mol. The lowest BCUT2D eigenvalue weighted by Gasteiger charge is -2.42. The van der Waals surface area contributed by atoms with Crippen LogP contribution in [0, 0.1) is 0 Å². The fourth-order valence-corrected chi connectivity index (χ4v) is 2.73. The topological polar surface area (TPSA) is 41.7 Å². The van der Waals surface area contributed by atoms with Crippen LogP contribution in [0.1, 0.15) is 19.8 Å². The van der Waals surface area contributed by atoms with Gasteiger partial charge in [-0.2, -0.15) is 0 Å². The number of hydrogen-bond acceptors (Lipinski definition) is 4. The van der Waals surface area contributed by atoms with Crippen LogP contribution in [0.4, 0.5) is 0 Å². The average molecular weight is 199 g/mol. The molecule has 0 radical (unpaired) electrons. The molecule has 2 N–H and O–H groups in total. The average Bonchev–Trinajstić information content (AvgIpc) is 2.61. The number of hydrogen-bond donors (Lipinski definition) is 1. The minimum absolute atomic E-state index is 0.650. The number of fused-ring (bicyclic) bond motifs is 1. The molecule has 0 aromatic rings. The Morgan fingerprint density at radius 2 is 2.29 bits per heavy atom. The summed E-state index contributed by atoms with van der Waals surface area (Å²) in [5.74, 6) is 5.06. The first-order chi connectivity index (χ1) is 6.81. The lowest BCUT2D eigenvalue weighted by molar-refractivity contribution is 0.0304. The van der Waals surface area contributed by atoms with Gasteiger partial charge in [0.1, 0.15) is 0 Å². The molecular formula is C10H21N3O. The zero-order valence-electron chi connectivity index (χ0n) is 8.98. The van der Waals surface area contributed by atoms with Crippen molar-refractivity contribution < 1.29 is 4.84 Å². The third kappa shape index (κ3) is 2.08. The van der Waals surface area contributed by atoms with Gasteiger partial charge in [-0.1, -0.05) is 0 Å². The van der Waals surface area contributed by atoms with Crippen molar-refractivity contribution in [2.24, 2.45) is 5.90 Å². The Kier molecular flexibility index (Phi) is 3.38. The lowest BCUT2D eigenvalue weighted by Crippen LogP contribution is -2.55. The SMILES string of the molecule is CC1CN2CCCC2CN1CCON. The molecule has 0 aromatic heterocycles. The molecule has 2 atom stereocenters. The molecular weight excluding hydrogens is 178 g/mol. The minimum atomic E-state index is 0.650. The van der Waals surface area contributed by atoms with Gasteiger partial charge in [-0.15, -0.1) is 0 Å². The Hall–Kier alpha value is -0.160. The molecule has 4 nitrogen and oxygen atoms in total. The number of rotatable bonds is 3. The van der Waals surface area contributed by atoms with Crippen LogP contribution >= 0.6 is 0 Å². The second-order valence-corrected chi connectivity index (χ2v) is 4.51. The number of piperazine rings is 1. The molecule has 14 heavy (non-hydrogen) atoms. The fraction of sp³-hybridized carbons (Fsp3) is 1.00. The first kappa shape index (κ1) is 10.4. The van der Waals surface area contributed by atoms with Crippen LogP contribution in [0.15, 0.2) is 0 Å². The first-order valence-corrected chi connectivity index (χ1v) is 5.61. The van der Waals surface area contributed by atoms with E-state index >= 15 is 0 Å². The van der Waals surface area contributed by atoms with E-state index in [1.165, 1.54) is 32.5 Å². The van der Waals surface area contributed by atoms with Crippen molar-refractivity contribution in [2.45, 2.75) is 31.8 Å². The van der Waals surface area contributed by atoms with Crippen molar-refractivity contribution in [1.29, 1.82) is 0 Å². The van der Waals surface area contributed by atoms with Crippen molar-refractivity contribution in [3.05, 3.63) is 0 Å². The molecule has 2 aliphatic heterocycles. The molecule has 0 aliphatic carbocycles. The molecule has 4 heteroatoms. The van der Waals surface area contributed by atoms with Crippen LogP contribution in [-0.2, 0) is 4.84 Å². The molecule has 0 amide bonds. The van der Waals surface area contributed by atoms with Gasteiger partial charge in [0.05, 0.1) is 6.61 Å². The van der Waals surface area contributed by atoms with E-state index in [4.69, 9.17) is 5.90 Å². The molecule has 2 unspecified atom stereocenters. The van der Waals surface area contributed by atoms with Gasteiger partial charge in [0.15, 0.2) is 0 Å². The van der Waals surface area contributed by atoms with E-state index in [-0.39, 0.29) is 0 Å². The molecule has 2 heterocycles. The highest BCUT2D eigenvalue weighted by Crippen LogP contribution is 2.23. The molecule has 0 bridgehead atoms. The van der Waals surface area contributed by atoms with Gasteiger partial charge in [0.25, 0.3) is 0 Å². The quantitative estimate of drug-likeness (QED) is 0.652. The largest absolute Gasteiger partial charge is 0.303 e. The molecule has 82 valence electrons. The highest BCUT2D eigenvalue weighted by molar-refractivity contribution is 4.90. The van der Waals surface area contributed by atoms with Gasteiger partial charge in [0, 0.05) is 31.7 Å². The standard InChI is InChI=1S/C10H21N3O/c1-9-7-13-4-2-3-10(13)8-12(9)5-6-14-11/h9-10H,2-8,11H2,1H3. The van der Waals surface area contributed by atoms with E-state index in [1.807, 2.05) is 0 Å². The Bertz CT molecular complexity index is 188. The molecule has 0 saturated carbocycles. The summed E-state index contributed by atoms with van der Waals surface area (Å²) in [4.78, 5) is 9.78. The van der Waals surface area contributed by atoms with E-state index in [0.29, 0.717) is 12.6 Å². The highest BCUT2D eigenvalue weighted by atomic mass is 16.6. The van der Waals surface area contributed by atoms with Crippen LogP contribution in [0.25, 0.3) is 0 Å². The summed E-state index contributed by atoms with van der Waals surface area (Å²) in [5, 5.41) is 0. The molecule has 2 saturated heterocycles. The van der Waals surface area contributed by atoms with Gasteiger partial charge in [0.2, 0.25) is 0 Å². The number of nitrogens with zero attached hydrogens (tertiary/aromatic N) is 2. The van der Waals surface area contributed by atoms with Crippen molar-refractivity contribution in [3.63, 3.8) is 0 Å². The maximum atomic E-state index is 5.06. The Morgan fingerprint density at radius 3 is 3.07 bits per heavy atom. The molecule has 2 aliphatic rings. The van der Waals surface area contributed by atoms with Gasteiger partial charge >= 0.3 is 0 Å². The molecule has 0 aromatic carbocycles. The third-order valence-electron chi connectivity index (χ3n) is 3.56. The minimum Gasteiger partial charge on any atom is -0.303 e. The van der Waals surface area contributed by atoms with Crippen LogP contribution in [0.2, 0.25) is 0 Å². The summed E-state index contributed by atoms with van der Waals surface area (Å²) in [6.07, 6.45) is 2.74. The lowest BCUT2D eigenvalue weighted by atomic mass is 10.1. The zero-order chi connectivity index (χ0) is 9.97. The van der Waals surface area contributed by atoms with Crippen LogP contribution in [0.5, 0.6) is 0 Å². The van der Waals surface area contributed by atoms with E-state index in [1.54, 1.807) is 0 Å². The smallest absolute Gasteiger partial charge is 0.0806 e. The third-order valence-corrected chi connectivity index (χ3v) is 3.56. The highest BCUT2D eigenvalue weighted by Gasteiger charge is 2.33. The van der Waals surface area contributed by atoms with Crippen molar-refractivity contribution in [3.8, 4) is 0 Å². The second kappa shape index (κ2) is 4.57. The van der Waals surface area contributed by atoms with Gasteiger partial charge in [-0.3, -0.25) is 9.80 Å². The van der Waals surface area contributed by atoms with E-state index in [2.05, 4.69) is 21.6 Å². The molecule has 2 rings (SSSR count). The summed E-state index contributed by atoms with van der Waals surface area (Å²) >= 11 is 0. The van der Waals surface area contributed by atoms with Crippen LogP contribution in [0.3, 0.4) is 0 Å². The van der Waals surface area contributed by atoms with Crippen molar-refractivity contribution in [2.75, 3.05) is 32.8 Å². The van der Waals surface area contributed by atoms with Crippen LogP contribution < -0.4 is 5.90 Å². The summed E-state index contributed by atoms with van der Waals surface area (Å²) in [6.45, 7) is 7.64. The summed E-state index contributed by atoms with van der Waals surface area (Å²) in [7, 11) is 0. The van der Waals surface area contributed by atoms with E-state index in [9.17, 15) is 0 Å². The summed E-state index contributed by atoms with van der Waals surface area (Å²) in [5.41, 5.74) is 0. The normalized spacial score (nSPS) is 34.7. The number of nitrogens with two attached hydrogens (primary N) is 1.